The summed E-state index contributed by atoms with van der Waals surface area (Å²) in [4.78, 5) is 1.57. The Morgan fingerprint density at radius 3 is 2.11 bits per heavy atom. The molecule has 2 N–H and O–H groups in total. The molecule has 0 saturated heterocycles. The van der Waals surface area contributed by atoms with Crippen molar-refractivity contribution in [2.75, 3.05) is 20.0 Å². The monoisotopic (exact) mass is 133 g/mol. The van der Waals surface area contributed by atoms with Crippen LogP contribution in [-0.4, -0.2) is 35.1 Å². The number of hydrogen-bond acceptors (Lipinski definition) is 3. The van der Waals surface area contributed by atoms with Crippen LogP contribution in [0.2, 0.25) is 0 Å². The Morgan fingerprint density at radius 2 is 1.78 bits per heavy atom. The van der Waals surface area contributed by atoms with Crippen LogP contribution in [0.4, 0.5) is 0 Å². The fraction of sp³-hybridized carbons (Fsp3) is 1.00. The lowest BCUT2D eigenvalue weighted by atomic mass is 10.3. The highest BCUT2D eigenvalue weighted by molar-refractivity contribution is 4.44. The standard InChI is InChI=1S/C6H15NO2/c1-2-3-4-7(5-8)6-9/h8-9H,2-6H2,1H3. The van der Waals surface area contributed by atoms with E-state index in [1.165, 1.54) is 0 Å². The average molecular weight is 133 g/mol. The third-order valence-electron chi connectivity index (χ3n) is 1.23. The van der Waals surface area contributed by atoms with Crippen molar-refractivity contribution in [1.82, 2.24) is 4.90 Å². The lowest BCUT2D eigenvalue weighted by Gasteiger charge is -2.14. The van der Waals surface area contributed by atoms with Gasteiger partial charge in [-0.2, -0.15) is 0 Å². The zero-order valence-corrected chi connectivity index (χ0v) is 5.88. The van der Waals surface area contributed by atoms with Gasteiger partial charge in [-0.1, -0.05) is 13.3 Å². The van der Waals surface area contributed by atoms with Gasteiger partial charge < -0.3 is 10.2 Å². The molecule has 9 heavy (non-hydrogen) atoms. The molecule has 0 aromatic carbocycles. The van der Waals surface area contributed by atoms with Crippen LogP contribution in [0.3, 0.4) is 0 Å². The molecule has 0 amide bonds. The predicted octanol–water partition coefficient (Wildman–Crippen LogP) is -0.0119. The summed E-state index contributed by atoms with van der Waals surface area (Å²) in [6.45, 7) is 2.77. The van der Waals surface area contributed by atoms with Gasteiger partial charge in [0.1, 0.15) is 0 Å². The number of rotatable bonds is 5. The molecule has 56 valence electrons. The highest BCUT2D eigenvalue weighted by Crippen LogP contribution is 1.90. The summed E-state index contributed by atoms with van der Waals surface area (Å²) < 4.78 is 0. The van der Waals surface area contributed by atoms with Crippen LogP contribution in [0.5, 0.6) is 0 Å². The molecule has 0 radical (unpaired) electrons. The first-order valence-electron chi connectivity index (χ1n) is 3.29. The highest BCUT2D eigenvalue weighted by Gasteiger charge is 1.96. The van der Waals surface area contributed by atoms with Crippen LogP contribution < -0.4 is 0 Å². The lowest BCUT2D eigenvalue weighted by Crippen LogP contribution is -2.26. The van der Waals surface area contributed by atoms with Crippen LogP contribution in [0, 0.1) is 0 Å². The Bertz CT molecular complexity index is 55.0. The first-order chi connectivity index (χ1) is 4.35. The molecule has 0 aliphatic carbocycles. The Balaban J connectivity index is 3.09. The van der Waals surface area contributed by atoms with Crippen molar-refractivity contribution >= 4 is 0 Å². The number of aliphatic hydroxyl groups excluding tert-OH is 2. The van der Waals surface area contributed by atoms with Gasteiger partial charge in [0.05, 0.1) is 13.5 Å². The minimum Gasteiger partial charge on any atom is -0.381 e. The Hall–Kier alpha value is -0.120. The first kappa shape index (κ1) is 8.88. The quantitative estimate of drug-likeness (QED) is 0.518. The van der Waals surface area contributed by atoms with Gasteiger partial charge in [0, 0.05) is 6.54 Å². The van der Waals surface area contributed by atoms with E-state index < -0.39 is 0 Å². The Kier molecular flexibility index (Phi) is 5.93. The lowest BCUT2D eigenvalue weighted by molar-refractivity contribution is 0.0288. The van der Waals surface area contributed by atoms with E-state index in [4.69, 9.17) is 10.2 Å². The number of nitrogens with zero attached hydrogens (tertiary/aromatic N) is 1. The highest BCUT2D eigenvalue weighted by atomic mass is 16.3. The molecular formula is C6H15NO2. The van der Waals surface area contributed by atoms with Gasteiger partial charge >= 0.3 is 0 Å². The van der Waals surface area contributed by atoms with Gasteiger partial charge in [-0.3, -0.25) is 4.90 Å². The number of unbranched alkanes of at least 4 members (excludes halogenated alkanes) is 1. The van der Waals surface area contributed by atoms with Crippen LogP contribution in [0.25, 0.3) is 0 Å². The molecular weight excluding hydrogens is 118 g/mol. The van der Waals surface area contributed by atoms with E-state index >= 15 is 0 Å². The van der Waals surface area contributed by atoms with E-state index in [-0.39, 0.29) is 13.5 Å². The maximum absolute atomic E-state index is 8.52. The van der Waals surface area contributed by atoms with Crippen molar-refractivity contribution in [2.45, 2.75) is 19.8 Å². The summed E-state index contributed by atoms with van der Waals surface area (Å²) in [5, 5.41) is 17.0. The zero-order chi connectivity index (χ0) is 7.11. The fourth-order valence-corrected chi connectivity index (χ4v) is 0.568. The van der Waals surface area contributed by atoms with Crippen molar-refractivity contribution < 1.29 is 10.2 Å². The minimum atomic E-state index is -0.0451. The van der Waals surface area contributed by atoms with Crippen LogP contribution in [0.1, 0.15) is 19.8 Å². The number of hydrogen-bond donors (Lipinski definition) is 2. The van der Waals surface area contributed by atoms with Gasteiger partial charge in [0.25, 0.3) is 0 Å². The van der Waals surface area contributed by atoms with Crippen molar-refractivity contribution in [3.63, 3.8) is 0 Å². The molecule has 0 spiro atoms. The summed E-state index contributed by atoms with van der Waals surface area (Å²) in [7, 11) is 0. The molecule has 0 atom stereocenters. The summed E-state index contributed by atoms with van der Waals surface area (Å²) in [5.41, 5.74) is 0. The van der Waals surface area contributed by atoms with Crippen molar-refractivity contribution in [1.29, 1.82) is 0 Å². The van der Waals surface area contributed by atoms with Gasteiger partial charge in [-0.15, -0.1) is 0 Å². The minimum absolute atomic E-state index is 0.0451. The van der Waals surface area contributed by atoms with Gasteiger partial charge in [0.15, 0.2) is 0 Å². The Morgan fingerprint density at radius 1 is 1.22 bits per heavy atom. The molecule has 0 aromatic rings. The second-order valence-electron chi connectivity index (χ2n) is 2.03. The SMILES string of the molecule is CCCCN(CO)CO. The number of aliphatic hydroxyl groups is 2. The molecule has 0 fully saturated rings. The van der Waals surface area contributed by atoms with E-state index in [1.807, 2.05) is 0 Å². The maximum Gasteiger partial charge on any atom is 0.0974 e. The average Bonchev–Trinajstić information content (AvgIpc) is 1.91. The predicted molar refractivity (Wildman–Crippen MR) is 35.8 cm³/mol. The van der Waals surface area contributed by atoms with Crippen molar-refractivity contribution in [3.8, 4) is 0 Å². The van der Waals surface area contributed by atoms with Crippen LogP contribution in [0.15, 0.2) is 0 Å². The van der Waals surface area contributed by atoms with Gasteiger partial charge in [0.2, 0.25) is 0 Å². The third kappa shape index (κ3) is 4.39. The molecule has 0 aliphatic heterocycles. The molecule has 0 aliphatic rings. The van der Waals surface area contributed by atoms with E-state index in [1.54, 1.807) is 4.90 Å². The largest absolute Gasteiger partial charge is 0.381 e. The smallest absolute Gasteiger partial charge is 0.0974 e. The van der Waals surface area contributed by atoms with Gasteiger partial charge in [-0.25, -0.2) is 0 Å². The molecule has 0 aromatic heterocycles. The fourth-order valence-electron chi connectivity index (χ4n) is 0.568. The van der Waals surface area contributed by atoms with E-state index in [0.29, 0.717) is 0 Å². The molecule has 0 heterocycles. The second-order valence-corrected chi connectivity index (χ2v) is 2.03. The molecule has 0 unspecified atom stereocenters. The first-order valence-corrected chi connectivity index (χ1v) is 3.29. The molecule has 0 saturated carbocycles. The van der Waals surface area contributed by atoms with Crippen molar-refractivity contribution in [2.24, 2.45) is 0 Å². The molecule has 3 heteroatoms. The second kappa shape index (κ2) is 6.01. The zero-order valence-electron chi connectivity index (χ0n) is 5.88. The van der Waals surface area contributed by atoms with Crippen LogP contribution >= 0.6 is 0 Å². The molecule has 3 nitrogen and oxygen atoms in total. The maximum atomic E-state index is 8.52. The molecule has 0 bridgehead atoms. The van der Waals surface area contributed by atoms with Crippen molar-refractivity contribution in [3.05, 3.63) is 0 Å². The summed E-state index contributed by atoms with van der Waals surface area (Å²) in [5.74, 6) is 0. The summed E-state index contributed by atoms with van der Waals surface area (Å²) in [6, 6.07) is 0. The van der Waals surface area contributed by atoms with Gasteiger partial charge in [-0.05, 0) is 6.42 Å². The normalized spacial score (nSPS) is 10.7. The summed E-state index contributed by atoms with van der Waals surface area (Å²) >= 11 is 0. The third-order valence-corrected chi connectivity index (χ3v) is 1.23. The topological polar surface area (TPSA) is 43.7 Å². The summed E-state index contributed by atoms with van der Waals surface area (Å²) in [6.07, 6.45) is 2.12. The van der Waals surface area contributed by atoms with Crippen LogP contribution in [-0.2, 0) is 0 Å². The molecule has 0 rings (SSSR count). The van der Waals surface area contributed by atoms with E-state index in [2.05, 4.69) is 6.92 Å². The Labute approximate surface area is 55.9 Å². The van der Waals surface area contributed by atoms with E-state index in [9.17, 15) is 0 Å². The van der Waals surface area contributed by atoms with E-state index in [0.717, 1.165) is 19.4 Å².